The van der Waals surface area contributed by atoms with Crippen LogP contribution in [0.3, 0.4) is 0 Å². The molecule has 0 aromatic heterocycles. The molecule has 0 aromatic carbocycles. The highest BCUT2D eigenvalue weighted by atomic mass is 16.5. The summed E-state index contributed by atoms with van der Waals surface area (Å²) in [7, 11) is 0. The van der Waals surface area contributed by atoms with E-state index in [9.17, 15) is 0 Å². The minimum atomic E-state index is 0.449. The monoisotopic (exact) mass is 280 g/mol. The van der Waals surface area contributed by atoms with E-state index in [1.807, 2.05) is 0 Å². The Morgan fingerprint density at radius 3 is 2.50 bits per heavy atom. The molecule has 3 rings (SSSR count). The van der Waals surface area contributed by atoms with Gasteiger partial charge in [0, 0.05) is 25.7 Å². The number of morpholine rings is 1. The zero-order chi connectivity index (χ0) is 14.2. The van der Waals surface area contributed by atoms with Gasteiger partial charge < -0.3 is 10.1 Å². The van der Waals surface area contributed by atoms with Crippen molar-refractivity contribution in [2.75, 3.05) is 26.2 Å². The fourth-order valence-corrected chi connectivity index (χ4v) is 4.82. The number of nitrogens with one attached hydrogen (secondary N) is 1. The van der Waals surface area contributed by atoms with Crippen LogP contribution in [0.25, 0.3) is 0 Å². The molecule has 0 spiro atoms. The van der Waals surface area contributed by atoms with Crippen LogP contribution in [-0.2, 0) is 4.74 Å². The second-order valence-electron chi connectivity index (χ2n) is 7.85. The van der Waals surface area contributed by atoms with Crippen LogP contribution in [0.5, 0.6) is 0 Å². The Kier molecular flexibility index (Phi) is 4.40. The molecule has 1 saturated carbocycles. The van der Waals surface area contributed by atoms with Crippen molar-refractivity contribution < 1.29 is 4.74 Å². The van der Waals surface area contributed by atoms with E-state index in [-0.39, 0.29) is 0 Å². The smallest absolute Gasteiger partial charge is 0.0707 e. The summed E-state index contributed by atoms with van der Waals surface area (Å²) in [5, 5.41) is 3.79. The lowest BCUT2D eigenvalue weighted by Gasteiger charge is -2.47. The van der Waals surface area contributed by atoms with Crippen molar-refractivity contribution >= 4 is 0 Å². The van der Waals surface area contributed by atoms with Crippen molar-refractivity contribution in [1.29, 1.82) is 0 Å². The van der Waals surface area contributed by atoms with Crippen LogP contribution in [-0.4, -0.2) is 49.3 Å². The first-order chi connectivity index (χ1) is 9.58. The van der Waals surface area contributed by atoms with E-state index in [4.69, 9.17) is 4.74 Å². The summed E-state index contributed by atoms with van der Waals surface area (Å²) in [6, 6.07) is 0.682. The van der Waals surface area contributed by atoms with E-state index in [2.05, 4.69) is 31.0 Å². The molecule has 2 heterocycles. The molecule has 2 saturated heterocycles. The van der Waals surface area contributed by atoms with E-state index in [0.717, 1.165) is 12.5 Å². The van der Waals surface area contributed by atoms with E-state index >= 15 is 0 Å². The average Bonchev–Trinajstić information content (AvgIpc) is 2.73. The summed E-state index contributed by atoms with van der Waals surface area (Å²) in [5.41, 5.74) is 0.449. The first-order valence-corrected chi connectivity index (χ1v) is 8.69. The highest BCUT2D eigenvalue weighted by molar-refractivity contribution is 4.95. The van der Waals surface area contributed by atoms with E-state index in [1.54, 1.807) is 0 Å². The molecule has 2 aliphatic heterocycles. The van der Waals surface area contributed by atoms with Gasteiger partial charge in [-0.1, -0.05) is 27.2 Å². The maximum absolute atomic E-state index is 5.97. The molecular formula is C17H32N2O. The standard InChI is InChI=1S/C17H32N2O/c1-4-18-16-13(6-5-9-17(16,2)3)10-19-11-14-7-8-15(12-19)20-14/h13-16,18H,4-12H2,1-3H3. The van der Waals surface area contributed by atoms with Crippen molar-refractivity contribution in [2.24, 2.45) is 11.3 Å². The van der Waals surface area contributed by atoms with Gasteiger partial charge in [0.05, 0.1) is 12.2 Å². The highest BCUT2D eigenvalue weighted by Gasteiger charge is 2.41. The van der Waals surface area contributed by atoms with Crippen molar-refractivity contribution in [3.63, 3.8) is 0 Å². The van der Waals surface area contributed by atoms with Gasteiger partial charge >= 0.3 is 0 Å². The molecule has 4 unspecified atom stereocenters. The highest BCUT2D eigenvalue weighted by Crippen LogP contribution is 2.40. The van der Waals surface area contributed by atoms with E-state index < -0.39 is 0 Å². The SMILES string of the molecule is CCNC1C(CN2CC3CCC(C2)O3)CCCC1(C)C. The lowest BCUT2D eigenvalue weighted by Crippen LogP contribution is -2.54. The second-order valence-corrected chi connectivity index (χ2v) is 7.85. The third-order valence-electron chi connectivity index (χ3n) is 5.75. The van der Waals surface area contributed by atoms with Crippen molar-refractivity contribution in [3.05, 3.63) is 0 Å². The first kappa shape index (κ1) is 14.8. The molecule has 20 heavy (non-hydrogen) atoms. The summed E-state index contributed by atoms with van der Waals surface area (Å²) in [6.45, 7) is 11.9. The Labute approximate surface area is 124 Å². The Balaban J connectivity index is 1.62. The minimum absolute atomic E-state index is 0.449. The van der Waals surface area contributed by atoms with Gasteiger partial charge in [-0.25, -0.2) is 0 Å². The van der Waals surface area contributed by atoms with Crippen LogP contribution in [0.15, 0.2) is 0 Å². The average molecular weight is 280 g/mol. The van der Waals surface area contributed by atoms with Gasteiger partial charge in [0.15, 0.2) is 0 Å². The Morgan fingerprint density at radius 2 is 1.85 bits per heavy atom. The van der Waals surface area contributed by atoms with Crippen molar-refractivity contribution in [3.8, 4) is 0 Å². The fraction of sp³-hybridized carbons (Fsp3) is 1.00. The van der Waals surface area contributed by atoms with E-state index in [1.165, 1.54) is 51.7 Å². The Hall–Kier alpha value is -0.120. The third kappa shape index (κ3) is 3.05. The van der Waals surface area contributed by atoms with Gasteiger partial charge in [0.1, 0.15) is 0 Å². The van der Waals surface area contributed by atoms with Crippen LogP contribution in [0.1, 0.15) is 52.9 Å². The Bertz CT molecular complexity index is 319. The van der Waals surface area contributed by atoms with Gasteiger partial charge in [0.2, 0.25) is 0 Å². The van der Waals surface area contributed by atoms with Crippen LogP contribution >= 0.6 is 0 Å². The molecule has 1 N–H and O–H groups in total. The van der Waals surface area contributed by atoms with Crippen molar-refractivity contribution in [2.45, 2.75) is 71.1 Å². The largest absolute Gasteiger partial charge is 0.372 e. The lowest BCUT2D eigenvalue weighted by molar-refractivity contribution is -0.0493. The zero-order valence-electron chi connectivity index (χ0n) is 13.5. The maximum atomic E-state index is 5.97. The molecule has 2 bridgehead atoms. The predicted molar refractivity (Wildman–Crippen MR) is 82.9 cm³/mol. The van der Waals surface area contributed by atoms with Gasteiger partial charge in [-0.2, -0.15) is 0 Å². The molecule has 3 nitrogen and oxygen atoms in total. The molecule has 0 aromatic rings. The third-order valence-corrected chi connectivity index (χ3v) is 5.75. The number of likely N-dealkylation sites (tertiary alicyclic amines) is 1. The molecule has 3 fully saturated rings. The number of hydrogen-bond donors (Lipinski definition) is 1. The molecule has 116 valence electrons. The molecule has 4 atom stereocenters. The van der Waals surface area contributed by atoms with E-state index in [0.29, 0.717) is 23.7 Å². The van der Waals surface area contributed by atoms with Crippen LogP contribution in [0, 0.1) is 11.3 Å². The summed E-state index contributed by atoms with van der Waals surface area (Å²) >= 11 is 0. The van der Waals surface area contributed by atoms with Gasteiger partial charge in [0.25, 0.3) is 0 Å². The van der Waals surface area contributed by atoms with Crippen LogP contribution in [0.4, 0.5) is 0 Å². The maximum Gasteiger partial charge on any atom is 0.0707 e. The quantitative estimate of drug-likeness (QED) is 0.857. The number of fused-ring (bicyclic) bond motifs is 2. The normalized spacial score (nSPS) is 41.0. The molecule has 0 radical (unpaired) electrons. The molecule has 3 aliphatic rings. The molecule has 1 aliphatic carbocycles. The summed E-state index contributed by atoms with van der Waals surface area (Å²) in [5.74, 6) is 0.816. The number of nitrogens with zero attached hydrogens (tertiary/aromatic N) is 1. The number of rotatable bonds is 4. The Morgan fingerprint density at radius 1 is 1.15 bits per heavy atom. The fourth-order valence-electron chi connectivity index (χ4n) is 4.82. The van der Waals surface area contributed by atoms with Gasteiger partial charge in [-0.3, -0.25) is 4.90 Å². The summed E-state index contributed by atoms with van der Waals surface area (Å²) < 4.78 is 5.97. The van der Waals surface area contributed by atoms with Crippen LogP contribution < -0.4 is 5.32 Å². The zero-order valence-corrected chi connectivity index (χ0v) is 13.5. The first-order valence-electron chi connectivity index (χ1n) is 8.69. The topological polar surface area (TPSA) is 24.5 Å². The molecule has 3 heteroatoms. The summed E-state index contributed by atoms with van der Waals surface area (Å²) in [4.78, 5) is 2.70. The van der Waals surface area contributed by atoms with Gasteiger partial charge in [-0.05, 0) is 43.6 Å². The molecule has 0 amide bonds. The van der Waals surface area contributed by atoms with Gasteiger partial charge in [-0.15, -0.1) is 0 Å². The number of hydrogen-bond acceptors (Lipinski definition) is 3. The van der Waals surface area contributed by atoms with Crippen LogP contribution in [0.2, 0.25) is 0 Å². The second kappa shape index (κ2) is 5.94. The molecular weight excluding hydrogens is 248 g/mol. The predicted octanol–water partition coefficient (Wildman–Crippen LogP) is 2.65. The lowest BCUT2D eigenvalue weighted by atomic mass is 9.67. The minimum Gasteiger partial charge on any atom is -0.372 e. The summed E-state index contributed by atoms with van der Waals surface area (Å²) in [6.07, 6.45) is 7.80. The van der Waals surface area contributed by atoms with Crippen molar-refractivity contribution in [1.82, 2.24) is 10.2 Å². The number of ether oxygens (including phenoxy) is 1.